The monoisotopic (exact) mass is 376 g/mol. The second kappa shape index (κ2) is 5.97. The van der Waals surface area contributed by atoms with E-state index in [1.54, 1.807) is 0 Å². The predicted molar refractivity (Wildman–Crippen MR) is 77.9 cm³/mol. The third-order valence-electron chi connectivity index (χ3n) is 3.76. The summed E-state index contributed by atoms with van der Waals surface area (Å²) < 4.78 is 76.4. The van der Waals surface area contributed by atoms with Crippen LogP contribution in [0.25, 0.3) is 11.3 Å². The Morgan fingerprint density at radius 2 is 1.58 bits per heavy atom. The van der Waals surface area contributed by atoms with Gasteiger partial charge >= 0.3 is 18.1 Å². The Hall–Kier alpha value is -2.62. The molecule has 0 bridgehead atoms. The molecule has 4 nitrogen and oxygen atoms in total. The number of benzene rings is 1. The topological polar surface area (TPSA) is 54.7 Å². The van der Waals surface area contributed by atoms with E-state index in [0.29, 0.717) is 5.56 Å². The lowest BCUT2D eigenvalue weighted by molar-refractivity contribution is -0.355. The van der Waals surface area contributed by atoms with E-state index in [4.69, 9.17) is 0 Å². The fourth-order valence-electron chi connectivity index (χ4n) is 2.33. The van der Waals surface area contributed by atoms with E-state index in [1.807, 2.05) is 0 Å². The molecule has 1 N–H and O–H groups in total. The van der Waals surface area contributed by atoms with Crippen molar-refractivity contribution < 1.29 is 36.3 Å². The molecule has 0 radical (unpaired) electrons. The van der Waals surface area contributed by atoms with Gasteiger partial charge in [0, 0.05) is 11.8 Å². The first-order valence-electron chi connectivity index (χ1n) is 7.18. The van der Waals surface area contributed by atoms with Gasteiger partial charge in [0.05, 0.1) is 23.4 Å². The van der Waals surface area contributed by atoms with Crippen LogP contribution in [-0.2, 0) is 11.0 Å². The third kappa shape index (κ3) is 3.36. The molecular formula is C16H10F6N2O2. The molecule has 0 spiro atoms. The summed E-state index contributed by atoms with van der Waals surface area (Å²) in [6.07, 6.45) is -9.40. The van der Waals surface area contributed by atoms with Crippen molar-refractivity contribution in [2.45, 2.75) is 24.6 Å². The van der Waals surface area contributed by atoms with Crippen LogP contribution in [0.1, 0.15) is 17.5 Å². The van der Waals surface area contributed by atoms with Crippen LogP contribution in [0.15, 0.2) is 47.8 Å². The van der Waals surface area contributed by atoms with Crippen molar-refractivity contribution in [3.63, 3.8) is 0 Å². The lowest BCUT2D eigenvalue weighted by Gasteiger charge is -2.22. The van der Waals surface area contributed by atoms with Crippen LogP contribution >= 0.6 is 0 Å². The van der Waals surface area contributed by atoms with E-state index in [1.165, 1.54) is 24.3 Å². The van der Waals surface area contributed by atoms with E-state index in [9.17, 15) is 31.4 Å². The number of nitrogens with zero attached hydrogens (tertiary/aromatic N) is 2. The molecule has 1 unspecified atom stereocenters. The van der Waals surface area contributed by atoms with Crippen LogP contribution in [0.5, 0.6) is 0 Å². The Morgan fingerprint density at radius 3 is 2.12 bits per heavy atom. The zero-order valence-electron chi connectivity index (χ0n) is 12.8. The summed E-state index contributed by atoms with van der Waals surface area (Å²) in [5.41, 5.74) is -0.363. The first kappa shape index (κ1) is 18.2. The number of rotatable bonds is 2. The van der Waals surface area contributed by atoms with E-state index in [-0.39, 0.29) is 17.0 Å². The van der Waals surface area contributed by atoms with Crippen molar-refractivity contribution >= 4 is 5.71 Å². The molecule has 26 heavy (non-hydrogen) atoms. The molecule has 0 saturated carbocycles. The van der Waals surface area contributed by atoms with E-state index in [2.05, 4.69) is 15.0 Å². The van der Waals surface area contributed by atoms with Gasteiger partial charge in [-0.3, -0.25) is 4.98 Å². The van der Waals surface area contributed by atoms with Gasteiger partial charge in [-0.25, -0.2) is 0 Å². The predicted octanol–water partition coefficient (Wildman–Crippen LogP) is 4.14. The Balaban J connectivity index is 1.83. The van der Waals surface area contributed by atoms with Gasteiger partial charge in [0.15, 0.2) is 0 Å². The number of alkyl halides is 6. The highest BCUT2D eigenvalue weighted by molar-refractivity contribution is 6.01. The standard InChI is InChI=1S/C16H10F6N2O2/c17-15(18,19)11-5-6-23-12(7-11)9-1-3-10(4-2-9)13-8-14(25,26-24-13)16(20,21)22/h1-7,25H,8H2. The van der Waals surface area contributed by atoms with Crippen LogP contribution in [0, 0.1) is 0 Å². The molecule has 0 saturated heterocycles. The zero-order valence-corrected chi connectivity index (χ0v) is 12.8. The summed E-state index contributed by atoms with van der Waals surface area (Å²) in [6, 6.07) is 7.22. The molecule has 2 heterocycles. The molecule has 0 aliphatic carbocycles. The van der Waals surface area contributed by atoms with Gasteiger partial charge in [-0.15, -0.1) is 0 Å². The molecule has 0 amide bonds. The largest absolute Gasteiger partial charge is 0.458 e. The summed E-state index contributed by atoms with van der Waals surface area (Å²) in [5, 5.41) is 12.7. The number of pyridine rings is 1. The Bertz CT molecular complexity index is 845. The summed E-state index contributed by atoms with van der Waals surface area (Å²) >= 11 is 0. The van der Waals surface area contributed by atoms with E-state index in [0.717, 1.165) is 18.3 Å². The molecule has 1 aliphatic heterocycles. The van der Waals surface area contributed by atoms with Gasteiger partial charge in [-0.05, 0) is 17.7 Å². The minimum Gasteiger partial charge on any atom is -0.350 e. The molecular weight excluding hydrogens is 366 g/mol. The Kier molecular flexibility index (Phi) is 4.18. The van der Waals surface area contributed by atoms with E-state index >= 15 is 0 Å². The van der Waals surface area contributed by atoms with Gasteiger partial charge in [0.2, 0.25) is 0 Å². The summed E-state index contributed by atoms with van der Waals surface area (Å²) in [5.74, 6) is -3.39. The molecule has 0 fully saturated rings. The summed E-state index contributed by atoms with van der Waals surface area (Å²) in [7, 11) is 0. The third-order valence-corrected chi connectivity index (χ3v) is 3.76. The number of oxime groups is 1. The number of aromatic nitrogens is 1. The van der Waals surface area contributed by atoms with Crippen LogP contribution in [-0.4, -0.2) is 27.8 Å². The van der Waals surface area contributed by atoms with Gasteiger partial charge in [-0.1, -0.05) is 29.4 Å². The molecule has 1 aliphatic rings. The normalized spacial score (nSPS) is 20.7. The molecule has 1 aromatic heterocycles. The lowest BCUT2D eigenvalue weighted by Crippen LogP contribution is -2.45. The van der Waals surface area contributed by atoms with Crippen LogP contribution in [0.3, 0.4) is 0 Å². The SMILES string of the molecule is OC1(C(F)(F)F)CC(c2ccc(-c3cc(C(F)(F)F)ccn3)cc2)=NO1. The molecule has 138 valence electrons. The lowest BCUT2D eigenvalue weighted by atomic mass is 10.00. The highest BCUT2D eigenvalue weighted by atomic mass is 19.4. The smallest absolute Gasteiger partial charge is 0.350 e. The summed E-state index contributed by atoms with van der Waals surface area (Å²) in [4.78, 5) is 7.98. The maximum atomic E-state index is 12.7. The van der Waals surface area contributed by atoms with E-state index < -0.39 is 30.1 Å². The maximum absolute atomic E-state index is 12.7. The molecule has 2 aromatic rings. The molecule has 1 aromatic carbocycles. The number of aliphatic hydroxyl groups is 1. The quantitative estimate of drug-likeness (QED) is 0.802. The molecule has 10 heteroatoms. The minimum atomic E-state index is -5.01. The van der Waals surface area contributed by atoms with Crippen molar-refractivity contribution in [1.29, 1.82) is 0 Å². The Labute approximate surface area is 142 Å². The highest BCUT2D eigenvalue weighted by Gasteiger charge is 2.60. The van der Waals surface area contributed by atoms with Gasteiger partial charge in [0.1, 0.15) is 0 Å². The fourth-order valence-corrected chi connectivity index (χ4v) is 2.33. The minimum absolute atomic E-state index is 0.0581. The van der Waals surface area contributed by atoms with Crippen molar-refractivity contribution in [2.75, 3.05) is 0 Å². The first-order chi connectivity index (χ1) is 12.0. The zero-order chi connectivity index (χ0) is 19.2. The van der Waals surface area contributed by atoms with Gasteiger partial charge in [-0.2, -0.15) is 26.3 Å². The average Bonchev–Trinajstić information content (AvgIpc) is 2.98. The summed E-state index contributed by atoms with van der Waals surface area (Å²) in [6.45, 7) is 0. The second-order valence-electron chi connectivity index (χ2n) is 5.59. The van der Waals surface area contributed by atoms with Crippen LogP contribution in [0.4, 0.5) is 26.3 Å². The van der Waals surface area contributed by atoms with Crippen LogP contribution < -0.4 is 0 Å². The number of hydrogen-bond donors (Lipinski definition) is 1. The number of hydrogen-bond acceptors (Lipinski definition) is 4. The van der Waals surface area contributed by atoms with Crippen LogP contribution in [0.2, 0.25) is 0 Å². The van der Waals surface area contributed by atoms with Gasteiger partial charge < -0.3 is 9.94 Å². The average molecular weight is 376 g/mol. The van der Waals surface area contributed by atoms with Crippen molar-refractivity contribution in [1.82, 2.24) is 4.98 Å². The Morgan fingerprint density at radius 1 is 0.962 bits per heavy atom. The highest BCUT2D eigenvalue weighted by Crippen LogP contribution is 2.39. The van der Waals surface area contributed by atoms with Crippen molar-refractivity contribution in [3.8, 4) is 11.3 Å². The second-order valence-corrected chi connectivity index (χ2v) is 5.59. The fraction of sp³-hybridized carbons (Fsp3) is 0.250. The molecule has 1 atom stereocenters. The van der Waals surface area contributed by atoms with Crippen molar-refractivity contribution in [2.24, 2.45) is 5.16 Å². The van der Waals surface area contributed by atoms with Crippen molar-refractivity contribution in [3.05, 3.63) is 53.7 Å². The molecule has 3 rings (SSSR count). The number of halogens is 6. The van der Waals surface area contributed by atoms with Gasteiger partial charge in [0.25, 0.3) is 0 Å². The first-order valence-corrected chi connectivity index (χ1v) is 7.18. The maximum Gasteiger partial charge on any atom is 0.458 e.